The minimum absolute atomic E-state index is 0.0238. The Morgan fingerprint density at radius 2 is 1.86 bits per heavy atom. The molecule has 1 saturated carbocycles. The SMILES string of the molecule is CCCc1cc(CC(=O)C2CCCCC2OC)ccc1C(COC)Cc1cccc(OC(C)(F)F)c1. The van der Waals surface area contributed by atoms with Gasteiger partial charge in [-0.2, -0.15) is 8.78 Å². The molecule has 0 bridgehead atoms. The van der Waals surface area contributed by atoms with Crippen LogP contribution < -0.4 is 4.74 Å². The van der Waals surface area contributed by atoms with E-state index in [0.717, 1.165) is 56.6 Å². The van der Waals surface area contributed by atoms with E-state index in [4.69, 9.17) is 14.2 Å². The van der Waals surface area contributed by atoms with E-state index in [1.807, 2.05) is 6.07 Å². The standard InChI is InChI=1S/C30H40F2O4/c1-5-9-23-16-22(19-28(33)27-12-6-7-13-29(27)35-4)14-15-26(23)24(20-34-3)17-21-10-8-11-25(18-21)36-30(2,31)32/h8,10-11,14-16,18,24,27,29H,5-7,9,12-13,17,19-20H2,1-4H3. The van der Waals surface area contributed by atoms with Gasteiger partial charge in [-0.1, -0.05) is 56.5 Å². The third kappa shape index (κ3) is 8.10. The molecule has 0 N–H and O–H groups in total. The lowest BCUT2D eigenvalue weighted by Crippen LogP contribution is -2.33. The molecule has 3 rings (SSSR count). The van der Waals surface area contributed by atoms with Gasteiger partial charge in [-0.3, -0.25) is 4.79 Å². The average Bonchev–Trinajstić information content (AvgIpc) is 2.83. The second kappa shape index (κ2) is 13.3. The summed E-state index contributed by atoms with van der Waals surface area (Å²) < 4.78 is 42.6. The van der Waals surface area contributed by atoms with Crippen LogP contribution in [0.5, 0.6) is 5.75 Å². The predicted octanol–water partition coefficient (Wildman–Crippen LogP) is 6.92. The van der Waals surface area contributed by atoms with Gasteiger partial charge in [0.2, 0.25) is 0 Å². The molecule has 2 aromatic rings. The molecule has 1 fully saturated rings. The van der Waals surface area contributed by atoms with Crippen LogP contribution in [0.2, 0.25) is 0 Å². The maximum absolute atomic E-state index is 13.3. The number of hydrogen-bond donors (Lipinski definition) is 0. The minimum Gasteiger partial charge on any atom is -0.433 e. The Morgan fingerprint density at radius 1 is 1.08 bits per heavy atom. The third-order valence-electron chi connectivity index (χ3n) is 7.01. The van der Waals surface area contributed by atoms with E-state index in [0.29, 0.717) is 19.4 Å². The van der Waals surface area contributed by atoms with E-state index in [1.54, 1.807) is 32.4 Å². The summed E-state index contributed by atoms with van der Waals surface area (Å²) in [4.78, 5) is 13.1. The molecule has 0 aromatic heterocycles. The number of halogens is 2. The summed E-state index contributed by atoms with van der Waals surface area (Å²) in [5, 5.41) is 0. The first kappa shape index (κ1) is 28.3. The fraction of sp³-hybridized carbons (Fsp3) is 0.567. The first-order chi connectivity index (χ1) is 17.2. The molecule has 1 aliphatic rings. The van der Waals surface area contributed by atoms with Crippen LogP contribution in [0.15, 0.2) is 42.5 Å². The highest BCUT2D eigenvalue weighted by Crippen LogP contribution is 2.31. The molecule has 36 heavy (non-hydrogen) atoms. The van der Waals surface area contributed by atoms with Crippen LogP contribution in [0.3, 0.4) is 0 Å². The molecule has 3 unspecified atom stereocenters. The highest BCUT2D eigenvalue weighted by molar-refractivity contribution is 5.84. The van der Waals surface area contributed by atoms with Crippen molar-refractivity contribution >= 4 is 5.78 Å². The monoisotopic (exact) mass is 502 g/mol. The van der Waals surface area contributed by atoms with Crippen molar-refractivity contribution in [1.29, 1.82) is 0 Å². The number of methoxy groups -OCH3 is 2. The van der Waals surface area contributed by atoms with Crippen molar-refractivity contribution in [3.63, 3.8) is 0 Å². The molecule has 0 amide bonds. The molecule has 0 aliphatic heterocycles. The Kier molecular flexibility index (Phi) is 10.4. The maximum atomic E-state index is 13.3. The number of alkyl halides is 2. The average molecular weight is 503 g/mol. The van der Waals surface area contributed by atoms with Gasteiger partial charge in [0.15, 0.2) is 0 Å². The van der Waals surface area contributed by atoms with Crippen LogP contribution in [0.1, 0.15) is 74.1 Å². The van der Waals surface area contributed by atoms with E-state index in [1.165, 1.54) is 11.1 Å². The Balaban J connectivity index is 1.81. The topological polar surface area (TPSA) is 44.8 Å². The van der Waals surface area contributed by atoms with Gasteiger partial charge >= 0.3 is 6.11 Å². The highest BCUT2D eigenvalue weighted by Gasteiger charge is 2.31. The maximum Gasteiger partial charge on any atom is 0.394 e. The van der Waals surface area contributed by atoms with Crippen molar-refractivity contribution in [2.45, 2.75) is 83.3 Å². The van der Waals surface area contributed by atoms with Crippen LogP contribution >= 0.6 is 0 Å². The lowest BCUT2D eigenvalue weighted by molar-refractivity contribution is -0.159. The van der Waals surface area contributed by atoms with Gasteiger partial charge in [-0.05, 0) is 60.1 Å². The summed E-state index contributed by atoms with van der Waals surface area (Å²) in [5.74, 6) is 0.435. The van der Waals surface area contributed by atoms with Gasteiger partial charge < -0.3 is 14.2 Å². The van der Waals surface area contributed by atoms with E-state index < -0.39 is 6.11 Å². The quantitative estimate of drug-likeness (QED) is 0.298. The fourth-order valence-electron chi connectivity index (χ4n) is 5.42. The number of rotatable bonds is 13. The van der Waals surface area contributed by atoms with Gasteiger partial charge in [-0.25, -0.2) is 0 Å². The second-order valence-corrected chi connectivity index (χ2v) is 10.0. The number of hydrogen-bond acceptors (Lipinski definition) is 4. The summed E-state index contributed by atoms with van der Waals surface area (Å²) in [7, 11) is 3.38. The van der Waals surface area contributed by atoms with E-state index >= 15 is 0 Å². The first-order valence-corrected chi connectivity index (χ1v) is 13.1. The number of carbonyl (C=O) groups excluding carboxylic acids is 1. The van der Waals surface area contributed by atoms with E-state index in [2.05, 4.69) is 25.1 Å². The molecule has 0 spiro atoms. The fourth-order valence-corrected chi connectivity index (χ4v) is 5.42. The molecular formula is C30H40F2O4. The van der Waals surface area contributed by atoms with Crippen LogP contribution in [0.4, 0.5) is 8.78 Å². The molecule has 198 valence electrons. The van der Waals surface area contributed by atoms with Gasteiger partial charge in [0.25, 0.3) is 0 Å². The summed E-state index contributed by atoms with van der Waals surface area (Å²) in [6.45, 7) is 3.38. The lowest BCUT2D eigenvalue weighted by atomic mass is 9.81. The molecule has 0 heterocycles. The zero-order valence-electron chi connectivity index (χ0n) is 22.0. The summed E-state index contributed by atoms with van der Waals surface area (Å²) in [5.41, 5.74) is 4.33. The van der Waals surface area contributed by atoms with Crippen molar-refractivity contribution in [1.82, 2.24) is 0 Å². The molecule has 4 nitrogen and oxygen atoms in total. The minimum atomic E-state index is -3.23. The zero-order chi connectivity index (χ0) is 26.1. The van der Waals surface area contributed by atoms with Gasteiger partial charge in [0, 0.05) is 39.4 Å². The van der Waals surface area contributed by atoms with Gasteiger partial charge in [0.05, 0.1) is 12.7 Å². The molecule has 3 atom stereocenters. The van der Waals surface area contributed by atoms with Crippen molar-refractivity contribution < 1.29 is 27.8 Å². The van der Waals surface area contributed by atoms with E-state index in [9.17, 15) is 13.6 Å². The van der Waals surface area contributed by atoms with Crippen LogP contribution in [0.25, 0.3) is 0 Å². The smallest absolute Gasteiger partial charge is 0.394 e. The number of aryl methyl sites for hydroxylation is 1. The van der Waals surface area contributed by atoms with Crippen LogP contribution in [-0.2, 0) is 33.5 Å². The number of Topliss-reactive ketones (excluding diaryl/α,β-unsaturated/α-hetero) is 1. The zero-order valence-corrected chi connectivity index (χ0v) is 22.0. The summed E-state index contributed by atoms with van der Waals surface area (Å²) in [6, 6.07) is 13.2. The predicted molar refractivity (Wildman–Crippen MR) is 138 cm³/mol. The van der Waals surface area contributed by atoms with Crippen LogP contribution in [-0.4, -0.2) is 38.8 Å². The van der Waals surface area contributed by atoms with Crippen molar-refractivity contribution in [3.05, 3.63) is 64.7 Å². The Labute approximate surface area is 214 Å². The molecule has 6 heteroatoms. The Bertz CT molecular complexity index is 985. The lowest BCUT2D eigenvalue weighted by Gasteiger charge is -2.29. The highest BCUT2D eigenvalue weighted by atomic mass is 19.3. The normalized spacial score (nSPS) is 19.2. The number of ketones is 1. The Hall–Kier alpha value is -2.31. The van der Waals surface area contributed by atoms with E-state index in [-0.39, 0.29) is 29.5 Å². The van der Waals surface area contributed by atoms with Crippen LogP contribution in [0, 0.1) is 5.92 Å². The summed E-state index contributed by atoms with van der Waals surface area (Å²) >= 11 is 0. The second-order valence-electron chi connectivity index (χ2n) is 10.0. The molecule has 1 aliphatic carbocycles. The first-order valence-electron chi connectivity index (χ1n) is 13.1. The third-order valence-corrected chi connectivity index (χ3v) is 7.01. The molecular weight excluding hydrogens is 462 g/mol. The van der Waals surface area contributed by atoms with Gasteiger partial charge in [-0.15, -0.1) is 0 Å². The van der Waals surface area contributed by atoms with Crippen molar-refractivity contribution in [2.24, 2.45) is 5.92 Å². The molecule has 2 aromatic carbocycles. The Morgan fingerprint density at radius 3 is 2.56 bits per heavy atom. The number of ether oxygens (including phenoxy) is 3. The van der Waals surface area contributed by atoms with Crippen molar-refractivity contribution in [2.75, 3.05) is 20.8 Å². The summed E-state index contributed by atoms with van der Waals surface area (Å²) in [6.07, 6.45) is 3.78. The number of carbonyl (C=O) groups is 1. The van der Waals surface area contributed by atoms with Crippen molar-refractivity contribution in [3.8, 4) is 5.75 Å². The largest absolute Gasteiger partial charge is 0.433 e. The molecule has 0 saturated heterocycles. The number of benzene rings is 2. The van der Waals surface area contributed by atoms with Gasteiger partial charge in [0.1, 0.15) is 11.5 Å². The molecule has 0 radical (unpaired) electrons.